The van der Waals surface area contributed by atoms with Gasteiger partial charge in [-0.1, -0.05) is 0 Å². The van der Waals surface area contributed by atoms with Crippen LogP contribution in [-0.4, -0.2) is 18.8 Å². The normalized spacial score (nSPS) is 34.7. The summed E-state index contributed by atoms with van der Waals surface area (Å²) >= 11 is 0. The summed E-state index contributed by atoms with van der Waals surface area (Å²) in [4.78, 5) is 0. The van der Waals surface area contributed by atoms with Gasteiger partial charge < -0.3 is 0 Å². The second-order valence-electron chi connectivity index (χ2n) is 4.96. The number of fused-ring (bicyclic) bond motifs is 2. The predicted octanol–water partition coefficient (Wildman–Crippen LogP) is 3.27. The molecule has 18 heavy (non-hydrogen) atoms. The second-order valence-corrected chi connectivity index (χ2v) is 6.55. The van der Waals surface area contributed by atoms with Gasteiger partial charge in [0.15, 0.2) is 5.60 Å². The minimum atomic E-state index is -3.60. The van der Waals surface area contributed by atoms with Crippen molar-refractivity contribution in [1.29, 1.82) is 5.26 Å². The number of hydrogen-bond acceptors (Lipinski definition) is 5. The fraction of sp³-hybridized carbons (Fsp3) is 0.917. The van der Waals surface area contributed by atoms with Crippen molar-refractivity contribution in [3.8, 4) is 6.07 Å². The van der Waals surface area contributed by atoms with Crippen molar-refractivity contribution in [2.45, 2.75) is 45.1 Å². The van der Waals surface area contributed by atoms with E-state index in [9.17, 15) is 9.83 Å². The number of phosphoric ester groups is 1. The standard InChI is InChI=1S/C12H20NO4P/c1-3-15-18(14,16-4-2)17-12(9-13)8-10-5-6-11(12)7-10/h10-11H,3-8H2,1-2H3/t10-,11+,12+/m1/s1. The van der Waals surface area contributed by atoms with Crippen LogP contribution in [0.4, 0.5) is 0 Å². The lowest BCUT2D eigenvalue weighted by atomic mass is 9.86. The van der Waals surface area contributed by atoms with Crippen LogP contribution < -0.4 is 0 Å². The quantitative estimate of drug-likeness (QED) is 0.695. The van der Waals surface area contributed by atoms with E-state index < -0.39 is 13.4 Å². The van der Waals surface area contributed by atoms with Crippen molar-refractivity contribution in [3.05, 3.63) is 0 Å². The minimum absolute atomic E-state index is 0.168. The molecule has 5 nitrogen and oxygen atoms in total. The Hall–Kier alpha value is -0.400. The Morgan fingerprint density at radius 1 is 1.33 bits per heavy atom. The molecule has 2 fully saturated rings. The fourth-order valence-electron chi connectivity index (χ4n) is 3.15. The summed E-state index contributed by atoms with van der Waals surface area (Å²) in [5, 5.41) is 9.43. The molecule has 0 saturated heterocycles. The van der Waals surface area contributed by atoms with Crippen LogP contribution in [-0.2, 0) is 18.1 Å². The lowest BCUT2D eigenvalue weighted by molar-refractivity contribution is 0.0129. The molecule has 0 radical (unpaired) electrons. The maximum Gasteiger partial charge on any atom is 0.476 e. The highest BCUT2D eigenvalue weighted by Gasteiger charge is 2.56. The highest BCUT2D eigenvalue weighted by Crippen LogP contribution is 2.61. The summed E-state index contributed by atoms with van der Waals surface area (Å²) in [6.07, 6.45) is 3.76. The van der Waals surface area contributed by atoms with Crippen LogP contribution in [0.5, 0.6) is 0 Å². The molecule has 2 bridgehead atoms. The van der Waals surface area contributed by atoms with Gasteiger partial charge in [-0.05, 0) is 45.4 Å². The molecule has 0 aliphatic heterocycles. The van der Waals surface area contributed by atoms with Crippen LogP contribution in [0.15, 0.2) is 0 Å². The molecular formula is C12H20NO4P. The molecule has 0 aromatic carbocycles. The molecular weight excluding hydrogens is 253 g/mol. The van der Waals surface area contributed by atoms with E-state index in [0.29, 0.717) is 12.3 Å². The SMILES string of the molecule is CCOP(=O)(OCC)O[C@]1(C#N)C[C@@H]2CC[C@H]1C2. The van der Waals surface area contributed by atoms with E-state index >= 15 is 0 Å². The summed E-state index contributed by atoms with van der Waals surface area (Å²) in [5.74, 6) is 0.688. The van der Waals surface area contributed by atoms with Crippen LogP contribution in [0.2, 0.25) is 0 Å². The Kier molecular flexibility index (Phi) is 4.13. The third-order valence-corrected chi connectivity index (χ3v) is 5.53. The third kappa shape index (κ3) is 2.48. The number of nitriles is 1. The molecule has 102 valence electrons. The number of phosphoric acid groups is 1. The van der Waals surface area contributed by atoms with Gasteiger partial charge in [0.2, 0.25) is 0 Å². The number of nitrogens with zero attached hydrogens (tertiary/aromatic N) is 1. The van der Waals surface area contributed by atoms with Gasteiger partial charge in [0.25, 0.3) is 0 Å². The smallest absolute Gasteiger partial charge is 0.287 e. The monoisotopic (exact) mass is 273 g/mol. The zero-order valence-electron chi connectivity index (χ0n) is 10.9. The fourth-order valence-corrected chi connectivity index (χ4v) is 4.63. The highest BCUT2D eigenvalue weighted by atomic mass is 31.2. The van der Waals surface area contributed by atoms with Gasteiger partial charge in [-0.15, -0.1) is 0 Å². The summed E-state index contributed by atoms with van der Waals surface area (Å²) in [7, 11) is -3.60. The Bertz CT molecular complexity index is 384. The average molecular weight is 273 g/mol. The Morgan fingerprint density at radius 3 is 2.39 bits per heavy atom. The van der Waals surface area contributed by atoms with Crippen molar-refractivity contribution < 1.29 is 18.1 Å². The van der Waals surface area contributed by atoms with Crippen LogP contribution in [0, 0.1) is 23.2 Å². The first-order chi connectivity index (χ1) is 8.57. The van der Waals surface area contributed by atoms with E-state index in [0.717, 1.165) is 19.3 Å². The van der Waals surface area contributed by atoms with E-state index in [-0.39, 0.29) is 19.1 Å². The molecule has 2 aliphatic carbocycles. The molecule has 2 saturated carbocycles. The van der Waals surface area contributed by atoms with Crippen molar-refractivity contribution in [1.82, 2.24) is 0 Å². The topological polar surface area (TPSA) is 68.6 Å². The van der Waals surface area contributed by atoms with Gasteiger partial charge in [-0.2, -0.15) is 5.26 Å². The zero-order chi connectivity index (χ0) is 13.2. The lowest BCUT2D eigenvalue weighted by Crippen LogP contribution is -2.36. The molecule has 0 amide bonds. The second kappa shape index (κ2) is 5.30. The summed E-state index contributed by atoms with van der Waals surface area (Å²) in [6, 6.07) is 2.23. The first-order valence-corrected chi connectivity index (χ1v) is 8.04. The first kappa shape index (κ1) is 14.0. The van der Waals surface area contributed by atoms with Gasteiger partial charge >= 0.3 is 7.82 Å². The van der Waals surface area contributed by atoms with Crippen LogP contribution in [0.25, 0.3) is 0 Å². The molecule has 0 unspecified atom stereocenters. The highest BCUT2D eigenvalue weighted by molar-refractivity contribution is 7.48. The zero-order valence-corrected chi connectivity index (χ0v) is 11.8. The van der Waals surface area contributed by atoms with E-state index in [4.69, 9.17) is 13.6 Å². The van der Waals surface area contributed by atoms with Crippen molar-refractivity contribution in [2.75, 3.05) is 13.2 Å². The minimum Gasteiger partial charge on any atom is -0.287 e. The maximum atomic E-state index is 12.4. The van der Waals surface area contributed by atoms with Crippen molar-refractivity contribution in [2.24, 2.45) is 11.8 Å². The first-order valence-electron chi connectivity index (χ1n) is 6.58. The van der Waals surface area contributed by atoms with Crippen LogP contribution in [0.1, 0.15) is 39.5 Å². The van der Waals surface area contributed by atoms with E-state index in [1.807, 2.05) is 0 Å². The molecule has 2 rings (SSSR count). The van der Waals surface area contributed by atoms with E-state index in [1.54, 1.807) is 13.8 Å². The summed E-state index contributed by atoms with van der Waals surface area (Å²) in [5.41, 5.74) is -0.969. The van der Waals surface area contributed by atoms with E-state index in [1.165, 1.54) is 0 Å². The van der Waals surface area contributed by atoms with Gasteiger partial charge in [-0.3, -0.25) is 13.6 Å². The van der Waals surface area contributed by atoms with Gasteiger partial charge in [0.05, 0.1) is 19.3 Å². The summed E-state index contributed by atoms with van der Waals surface area (Å²) < 4.78 is 28.2. The van der Waals surface area contributed by atoms with Gasteiger partial charge in [-0.25, -0.2) is 4.57 Å². The van der Waals surface area contributed by atoms with Crippen LogP contribution >= 0.6 is 7.82 Å². The average Bonchev–Trinajstić information content (AvgIpc) is 2.89. The third-order valence-electron chi connectivity index (χ3n) is 3.83. The molecule has 3 atom stereocenters. The molecule has 0 aromatic rings. The Balaban J connectivity index is 2.15. The molecule has 0 aromatic heterocycles. The number of hydrogen-bond donors (Lipinski definition) is 0. The lowest BCUT2D eigenvalue weighted by Gasteiger charge is -2.33. The van der Waals surface area contributed by atoms with Gasteiger partial charge in [0, 0.05) is 5.92 Å². The molecule has 2 aliphatic rings. The summed E-state index contributed by atoms with van der Waals surface area (Å²) in [6.45, 7) is 3.95. The molecule has 6 heteroatoms. The Labute approximate surface area is 108 Å². The van der Waals surface area contributed by atoms with Crippen LogP contribution in [0.3, 0.4) is 0 Å². The molecule has 0 spiro atoms. The predicted molar refractivity (Wildman–Crippen MR) is 65.7 cm³/mol. The molecule has 0 heterocycles. The molecule has 0 N–H and O–H groups in total. The van der Waals surface area contributed by atoms with Gasteiger partial charge in [0.1, 0.15) is 0 Å². The van der Waals surface area contributed by atoms with Crippen molar-refractivity contribution >= 4 is 7.82 Å². The largest absolute Gasteiger partial charge is 0.476 e. The Morgan fingerprint density at radius 2 is 2.00 bits per heavy atom. The number of rotatable bonds is 6. The maximum absolute atomic E-state index is 12.4. The van der Waals surface area contributed by atoms with Crippen molar-refractivity contribution in [3.63, 3.8) is 0 Å². The van der Waals surface area contributed by atoms with E-state index in [2.05, 4.69) is 6.07 Å².